The summed E-state index contributed by atoms with van der Waals surface area (Å²) in [6.45, 7) is 0. The summed E-state index contributed by atoms with van der Waals surface area (Å²) in [6.07, 6.45) is 1.43. The summed E-state index contributed by atoms with van der Waals surface area (Å²) in [5.41, 5.74) is 1.99. The van der Waals surface area contributed by atoms with Crippen LogP contribution in [0.4, 0.5) is 0 Å². The third kappa shape index (κ3) is 4.22. The van der Waals surface area contributed by atoms with Crippen LogP contribution in [0.3, 0.4) is 0 Å². The van der Waals surface area contributed by atoms with Gasteiger partial charge >= 0.3 is 0 Å². The van der Waals surface area contributed by atoms with Gasteiger partial charge in [-0.2, -0.15) is 5.10 Å². The van der Waals surface area contributed by atoms with Crippen LogP contribution in [0.25, 0.3) is 0 Å². The highest BCUT2D eigenvalue weighted by atomic mass is 79.9. The maximum absolute atomic E-state index is 13.1. The van der Waals surface area contributed by atoms with Gasteiger partial charge in [0.05, 0.1) is 30.5 Å². The van der Waals surface area contributed by atoms with Crippen molar-refractivity contribution in [3.05, 3.63) is 94.0 Å². The molecule has 0 fully saturated rings. The zero-order valence-corrected chi connectivity index (χ0v) is 18.1. The number of carbonyl (C=O) groups excluding carboxylic acids is 1. The van der Waals surface area contributed by atoms with Gasteiger partial charge in [-0.15, -0.1) is 0 Å². The van der Waals surface area contributed by atoms with E-state index in [1.54, 1.807) is 67.8 Å². The summed E-state index contributed by atoms with van der Waals surface area (Å²) in [5.74, 6) is 0.449. The van der Waals surface area contributed by atoms with Crippen LogP contribution in [-0.4, -0.2) is 31.4 Å². The molecule has 0 aliphatic heterocycles. The van der Waals surface area contributed by atoms with E-state index in [0.29, 0.717) is 32.7 Å². The van der Waals surface area contributed by atoms with Gasteiger partial charge in [-0.05, 0) is 39.2 Å². The highest BCUT2D eigenvalue weighted by Gasteiger charge is 2.39. The quantitative estimate of drug-likeness (QED) is 0.407. The van der Waals surface area contributed by atoms with Crippen LogP contribution in [0.1, 0.15) is 16.7 Å². The van der Waals surface area contributed by atoms with Gasteiger partial charge in [-0.25, -0.2) is 5.43 Å². The van der Waals surface area contributed by atoms with Crippen LogP contribution in [0.2, 0.25) is 0 Å². The van der Waals surface area contributed by atoms with Crippen molar-refractivity contribution >= 4 is 28.1 Å². The van der Waals surface area contributed by atoms with E-state index in [9.17, 15) is 9.90 Å². The Morgan fingerprint density at radius 3 is 1.93 bits per heavy atom. The van der Waals surface area contributed by atoms with E-state index in [1.807, 2.05) is 12.1 Å². The van der Waals surface area contributed by atoms with Crippen molar-refractivity contribution in [2.45, 2.75) is 5.60 Å². The molecule has 0 saturated heterocycles. The molecule has 30 heavy (non-hydrogen) atoms. The first-order chi connectivity index (χ1) is 14.5. The first kappa shape index (κ1) is 21.5. The predicted molar refractivity (Wildman–Crippen MR) is 119 cm³/mol. The standard InChI is InChI=1S/C23H21BrN2O4/c1-29-19-13-14-20(30-2)21(24)18(19)15-25-26-22(27)23(28,16-9-5-3-6-10-16)17-11-7-4-8-12-17/h3-15,28H,1-2H3,(H,26,27)/b25-15-. The lowest BCUT2D eigenvalue weighted by Crippen LogP contribution is -2.43. The monoisotopic (exact) mass is 468 g/mol. The minimum Gasteiger partial charge on any atom is -0.496 e. The van der Waals surface area contributed by atoms with Crippen molar-refractivity contribution in [1.82, 2.24) is 5.43 Å². The minimum atomic E-state index is -1.91. The van der Waals surface area contributed by atoms with Crippen molar-refractivity contribution in [2.24, 2.45) is 5.10 Å². The van der Waals surface area contributed by atoms with E-state index in [1.165, 1.54) is 13.3 Å². The number of halogens is 1. The second-order valence-electron chi connectivity index (χ2n) is 6.34. The van der Waals surface area contributed by atoms with Crippen molar-refractivity contribution < 1.29 is 19.4 Å². The maximum atomic E-state index is 13.1. The molecule has 0 heterocycles. The molecular formula is C23H21BrN2O4. The summed E-state index contributed by atoms with van der Waals surface area (Å²) in [5, 5.41) is 15.5. The Balaban J connectivity index is 1.93. The van der Waals surface area contributed by atoms with E-state index in [2.05, 4.69) is 26.5 Å². The average Bonchev–Trinajstić information content (AvgIpc) is 2.80. The molecule has 0 atom stereocenters. The SMILES string of the molecule is COc1ccc(OC)c(/C=N\NC(=O)C(O)(c2ccccc2)c2ccccc2)c1Br. The topological polar surface area (TPSA) is 80.2 Å². The number of benzene rings is 3. The fourth-order valence-corrected chi connectivity index (χ4v) is 3.63. The molecule has 0 aliphatic carbocycles. The molecule has 3 rings (SSSR count). The molecule has 0 radical (unpaired) electrons. The highest BCUT2D eigenvalue weighted by molar-refractivity contribution is 9.10. The second-order valence-corrected chi connectivity index (χ2v) is 7.13. The van der Waals surface area contributed by atoms with E-state index >= 15 is 0 Å². The Hall–Kier alpha value is -3.16. The van der Waals surface area contributed by atoms with Crippen molar-refractivity contribution in [2.75, 3.05) is 14.2 Å². The Morgan fingerprint density at radius 1 is 0.933 bits per heavy atom. The molecule has 0 saturated carbocycles. The molecule has 0 aromatic heterocycles. The number of methoxy groups -OCH3 is 2. The van der Waals surface area contributed by atoms with Gasteiger partial charge in [0.1, 0.15) is 11.5 Å². The van der Waals surface area contributed by atoms with Crippen LogP contribution in [-0.2, 0) is 10.4 Å². The minimum absolute atomic E-state index is 0.434. The average molecular weight is 469 g/mol. The largest absolute Gasteiger partial charge is 0.496 e. The number of ether oxygens (including phenoxy) is 2. The van der Waals surface area contributed by atoms with Crippen LogP contribution >= 0.6 is 15.9 Å². The Bertz CT molecular complexity index is 1000. The molecule has 0 aliphatic rings. The molecule has 0 bridgehead atoms. The van der Waals surface area contributed by atoms with Crippen LogP contribution in [0, 0.1) is 0 Å². The van der Waals surface area contributed by atoms with Crippen LogP contribution < -0.4 is 14.9 Å². The number of nitrogens with zero attached hydrogens (tertiary/aromatic N) is 1. The van der Waals surface area contributed by atoms with Gasteiger partial charge in [0.2, 0.25) is 0 Å². The number of hydrogen-bond donors (Lipinski definition) is 2. The lowest BCUT2D eigenvalue weighted by atomic mass is 9.85. The molecule has 0 unspecified atom stereocenters. The van der Waals surface area contributed by atoms with Crippen molar-refractivity contribution in [3.63, 3.8) is 0 Å². The fourth-order valence-electron chi connectivity index (χ4n) is 3.04. The van der Waals surface area contributed by atoms with Crippen molar-refractivity contribution in [1.29, 1.82) is 0 Å². The van der Waals surface area contributed by atoms with Crippen molar-refractivity contribution in [3.8, 4) is 11.5 Å². The van der Waals surface area contributed by atoms with Crippen LogP contribution in [0.5, 0.6) is 11.5 Å². The highest BCUT2D eigenvalue weighted by Crippen LogP contribution is 2.34. The number of hydrogen-bond acceptors (Lipinski definition) is 5. The van der Waals surface area contributed by atoms with E-state index < -0.39 is 11.5 Å². The van der Waals surface area contributed by atoms with Gasteiger partial charge in [-0.3, -0.25) is 4.79 Å². The summed E-state index contributed by atoms with van der Waals surface area (Å²) in [4.78, 5) is 13.1. The van der Waals surface area contributed by atoms with Gasteiger partial charge in [0.15, 0.2) is 5.60 Å². The Kier molecular flexibility index (Phi) is 6.87. The number of rotatable bonds is 7. The molecule has 7 heteroatoms. The first-order valence-electron chi connectivity index (χ1n) is 9.09. The van der Waals surface area contributed by atoms with E-state index in [0.717, 1.165) is 0 Å². The summed E-state index contributed by atoms with van der Waals surface area (Å²) in [6, 6.07) is 20.9. The molecule has 1 amide bonds. The maximum Gasteiger partial charge on any atom is 0.281 e. The second kappa shape index (κ2) is 9.56. The van der Waals surface area contributed by atoms with Gasteiger partial charge in [-0.1, -0.05) is 60.7 Å². The van der Waals surface area contributed by atoms with E-state index in [-0.39, 0.29) is 0 Å². The van der Waals surface area contributed by atoms with E-state index in [4.69, 9.17) is 9.47 Å². The summed E-state index contributed by atoms with van der Waals surface area (Å²) >= 11 is 3.45. The molecule has 154 valence electrons. The number of carbonyl (C=O) groups is 1. The molecule has 6 nitrogen and oxygen atoms in total. The lowest BCUT2D eigenvalue weighted by Gasteiger charge is -2.27. The van der Waals surface area contributed by atoms with Gasteiger partial charge < -0.3 is 14.6 Å². The zero-order chi connectivity index (χ0) is 21.6. The lowest BCUT2D eigenvalue weighted by molar-refractivity contribution is -0.136. The summed E-state index contributed by atoms with van der Waals surface area (Å²) < 4.78 is 11.3. The predicted octanol–water partition coefficient (Wildman–Crippen LogP) is 3.85. The molecule has 3 aromatic carbocycles. The number of aliphatic hydroxyl groups is 1. The van der Waals surface area contributed by atoms with Gasteiger partial charge in [0, 0.05) is 0 Å². The molecule has 0 spiro atoms. The molecule has 3 aromatic rings. The third-order valence-corrected chi connectivity index (χ3v) is 5.43. The Labute approximate surface area is 183 Å². The number of hydrazone groups is 1. The summed E-state index contributed by atoms with van der Waals surface area (Å²) in [7, 11) is 3.09. The molecule has 2 N–H and O–H groups in total. The Morgan fingerprint density at radius 2 is 1.43 bits per heavy atom. The number of nitrogens with one attached hydrogen (secondary N) is 1. The zero-order valence-electron chi connectivity index (χ0n) is 16.5. The first-order valence-corrected chi connectivity index (χ1v) is 9.89. The fraction of sp³-hybridized carbons (Fsp3) is 0.130. The van der Waals surface area contributed by atoms with Crippen LogP contribution in [0.15, 0.2) is 82.4 Å². The number of amides is 1. The van der Waals surface area contributed by atoms with Gasteiger partial charge in [0.25, 0.3) is 5.91 Å². The smallest absolute Gasteiger partial charge is 0.281 e. The normalized spacial score (nSPS) is 11.3. The molecular weight excluding hydrogens is 448 g/mol. The third-order valence-electron chi connectivity index (χ3n) is 4.62.